The lowest BCUT2D eigenvalue weighted by Gasteiger charge is -2.22. The molecule has 1 heterocycles. The van der Waals surface area contributed by atoms with Crippen LogP contribution in [0.3, 0.4) is 0 Å². The highest BCUT2D eigenvalue weighted by Crippen LogP contribution is 2.28. The monoisotopic (exact) mass is 328 g/mol. The maximum atomic E-state index is 5.83. The van der Waals surface area contributed by atoms with E-state index in [0.29, 0.717) is 0 Å². The van der Waals surface area contributed by atoms with Crippen molar-refractivity contribution in [2.24, 2.45) is 11.1 Å². The number of hydrogen-bond acceptors (Lipinski definition) is 4. The Morgan fingerprint density at radius 2 is 1.73 bits per heavy atom. The number of likely N-dealkylation sites (tertiary alicyclic amines) is 1. The Balaban J connectivity index is 0.00000242. The Morgan fingerprint density at radius 3 is 2.23 bits per heavy atom. The summed E-state index contributed by atoms with van der Waals surface area (Å²) in [5.41, 5.74) is 6.12. The van der Waals surface area contributed by atoms with Gasteiger partial charge in [-0.25, -0.2) is 0 Å². The summed E-state index contributed by atoms with van der Waals surface area (Å²) >= 11 is 0. The number of nitrogens with two attached hydrogens (primary N) is 1. The zero-order valence-electron chi connectivity index (χ0n) is 13.7. The van der Waals surface area contributed by atoms with Crippen molar-refractivity contribution in [2.75, 3.05) is 39.4 Å². The van der Waals surface area contributed by atoms with Gasteiger partial charge < -0.3 is 15.2 Å². The van der Waals surface area contributed by atoms with E-state index in [1.807, 2.05) is 24.3 Å². The summed E-state index contributed by atoms with van der Waals surface area (Å²) < 4.78 is 11.4. The summed E-state index contributed by atoms with van der Waals surface area (Å²) in [6.07, 6.45) is 2.21. The number of benzene rings is 1. The summed E-state index contributed by atoms with van der Waals surface area (Å²) in [4.78, 5) is 2.44. The van der Waals surface area contributed by atoms with Crippen LogP contribution in [0.25, 0.3) is 0 Å². The molecule has 2 rings (SSSR count). The van der Waals surface area contributed by atoms with E-state index in [4.69, 9.17) is 15.2 Å². The molecular weight excluding hydrogens is 300 g/mol. The molecule has 1 aromatic carbocycles. The van der Waals surface area contributed by atoms with Crippen LogP contribution in [0.5, 0.6) is 11.5 Å². The quantitative estimate of drug-likeness (QED) is 0.797. The van der Waals surface area contributed by atoms with Gasteiger partial charge in [-0.1, -0.05) is 13.8 Å². The Hall–Kier alpha value is -0.970. The summed E-state index contributed by atoms with van der Waals surface area (Å²) in [6, 6.07) is 7.87. The average Bonchev–Trinajstić information content (AvgIpc) is 2.89. The summed E-state index contributed by atoms with van der Waals surface area (Å²) in [6.45, 7) is 9.78. The molecule has 0 aromatic heterocycles. The van der Waals surface area contributed by atoms with Crippen molar-refractivity contribution in [3.05, 3.63) is 24.3 Å². The Labute approximate surface area is 140 Å². The van der Waals surface area contributed by atoms with Gasteiger partial charge in [0.15, 0.2) is 0 Å². The van der Waals surface area contributed by atoms with E-state index >= 15 is 0 Å². The van der Waals surface area contributed by atoms with Crippen LogP contribution in [0.2, 0.25) is 0 Å². The second kappa shape index (κ2) is 9.23. The molecule has 1 atom stereocenters. The number of hydrogen-bond donors (Lipinski definition) is 1. The molecule has 1 unspecified atom stereocenters. The highest BCUT2D eigenvalue weighted by molar-refractivity contribution is 5.85. The zero-order valence-corrected chi connectivity index (χ0v) is 14.5. The van der Waals surface area contributed by atoms with Gasteiger partial charge in [0.05, 0.1) is 6.61 Å². The van der Waals surface area contributed by atoms with Crippen LogP contribution >= 0.6 is 12.4 Å². The van der Waals surface area contributed by atoms with Gasteiger partial charge in [-0.05, 0) is 55.6 Å². The normalized spacial score (nSPS) is 21.4. The van der Waals surface area contributed by atoms with Crippen molar-refractivity contribution in [1.29, 1.82) is 0 Å². The number of ether oxygens (including phenoxy) is 2. The molecule has 0 aliphatic carbocycles. The summed E-state index contributed by atoms with van der Waals surface area (Å²) in [5, 5.41) is 0. The van der Waals surface area contributed by atoms with Gasteiger partial charge in [-0.2, -0.15) is 0 Å². The fourth-order valence-corrected chi connectivity index (χ4v) is 2.63. The van der Waals surface area contributed by atoms with Gasteiger partial charge in [-0.15, -0.1) is 12.4 Å². The van der Waals surface area contributed by atoms with Crippen LogP contribution in [0, 0.1) is 5.41 Å². The molecule has 5 heteroatoms. The van der Waals surface area contributed by atoms with Gasteiger partial charge in [0, 0.05) is 13.1 Å². The molecule has 0 saturated carbocycles. The van der Waals surface area contributed by atoms with Crippen molar-refractivity contribution in [1.82, 2.24) is 4.90 Å². The van der Waals surface area contributed by atoms with Crippen LogP contribution in [-0.4, -0.2) is 44.3 Å². The highest BCUT2D eigenvalue weighted by Gasteiger charge is 2.31. The van der Waals surface area contributed by atoms with Crippen LogP contribution in [0.1, 0.15) is 26.7 Å². The number of halogens is 1. The third-order valence-corrected chi connectivity index (χ3v) is 4.10. The molecule has 1 saturated heterocycles. The molecule has 0 spiro atoms. The lowest BCUT2D eigenvalue weighted by Crippen LogP contribution is -2.33. The molecule has 1 aliphatic heterocycles. The van der Waals surface area contributed by atoms with Crippen molar-refractivity contribution in [2.45, 2.75) is 26.7 Å². The topological polar surface area (TPSA) is 47.7 Å². The minimum absolute atomic E-state index is 0. The first-order chi connectivity index (χ1) is 10.1. The first kappa shape index (κ1) is 19.1. The minimum Gasteiger partial charge on any atom is -0.494 e. The molecule has 1 aromatic rings. The largest absolute Gasteiger partial charge is 0.494 e. The van der Waals surface area contributed by atoms with E-state index < -0.39 is 0 Å². The molecule has 0 amide bonds. The van der Waals surface area contributed by atoms with Gasteiger partial charge in [0.2, 0.25) is 0 Å². The van der Waals surface area contributed by atoms with Crippen molar-refractivity contribution in [3.63, 3.8) is 0 Å². The van der Waals surface area contributed by atoms with Crippen molar-refractivity contribution >= 4 is 12.4 Å². The lowest BCUT2D eigenvalue weighted by atomic mass is 9.90. The standard InChI is InChI=1S/C17H28N2O2.ClH/c1-3-11-20-15-4-6-16(7-5-15)21-12-10-19-9-8-17(2,13-18)14-19;/h4-7H,3,8-14,18H2,1-2H3;1H. The smallest absolute Gasteiger partial charge is 0.119 e. The SMILES string of the molecule is CCCOc1ccc(OCCN2CCC(C)(CN)C2)cc1.Cl. The molecule has 0 radical (unpaired) electrons. The fourth-order valence-electron chi connectivity index (χ4n) is 2.63. The maximum Gasteiger partial charge on any atom is 0.119 e. The maximum absolute atomic E-state index is 5.83. The van der Waals surface area contributed by atoms with Gasteiger partial charge in [0.1, 0.15) is 18.1 Å². The molecular formula is C17H29ClN2O2. The third-order valence-electron chi connectivity index (χ3n) is 4.10. The first-order valence-corrected chi connectivity index (χ1v) is 7.93. The van der Waals surface area contributed by atoms with Crippen LogP contribution in [-0.2, 0) is 0 Å². The van der Waals surface area contributed by atoms with Gasteiger partial charge in [0.25, 0.3) is 0 Å². The highest BCUT2D eigenvalue weighted by atomic mass is 35.5. The molecule has 0 bridgehead atoms. The second-order valence-corrected chi connectivity index (χ2v) is 6.21. The molecule has 22 heavy (non-hydrogen) atoms. The molecule has 2 N–H and O–H groups in total. The van der Waals surface area contributed by atoms with Gasteiger partial charge in [-0.3, -0.25) is 4.90 Å². The van der Waals surface area contributed by atoms with Crippen LogP contribution < -0.4 is 15.2 Å². The molecule has 1 aliphatic rings. The Bertz CT molecular complexity index is 427. The molecule has 126 valence electrons. The predicted octanol–water partition coefficient (Wildman–Crippen LogP) is 2.95. The average molecular weight is 329 g/mol. The van der Waals surface area contributed by atoms with E-state index in [1.54, 1.807) is 0 Å². The molecule has 1 fully saturated rings. The van der Waals surface area contributed by atoms with E-state index in [9.17, 15) is 0 Å². The van der Waals surface area contributed by atoms with Crippen LogP contribution in [0.15, 0.2) is 24.3 Å². The molecule has 4 nitrogen and oxygen atoms in total. The van der Waals surface area contributed by atoms with Gasteiger partial charge >= 0.3 is 0 Å². The third kappa shape index (κ3) is 5.67. The summed E-state index contributed by atoms with van der Waals surface area (Å²) in [7, 11) is 0. The Morgan fingerprint density at radius 1 is 1.14 bits per heavy atom. The lowest BCUT2D eigenvalue weighted by molar-refractivity contribution is 0.219. The Kier molecular flexibility index (Phi) is 8.01. The second-order valence-electron chi connectivity index (χ2n) is 6.21. The zero-order chi connectivity index (χ0) is 15.1. The van der Waals surface area contributed by atoms with E-state index in [0.717, 1.165) is 57.3 Å². The summed E-state index contributed by atoms with van der Waals surface area (Å²) in [5.74, 6) is 1.81. The fraction of sp³-hybridized carbons (Fsp3) is 0.647. The van der Waals surface area contributed by atoms with Crippen molar-refractivity contribution < 1.29 is 9.47 Å². The minimum atomic E-state index is 0. The first-order valence-electron chi connectivity index (χ1n) is 7.93. The van der Waals surface area contributed by atoms with Crippen LogP contribution in [0.4, 0.5) is 0 Å². The van der Waals surface area contributed by atoms with E-state index in [-0.39, 0.29) is 17.8 Å². The number of nitrogens with zero attached hydrogens (tertiary/aromatic N) is 1. The van der Waals surface area contributed by atoms with E-state index in [2.05, 4.69) is 18.7 Å². The van der Waals surface area contributed by atoms with Crippen molar-refractivity contribution in [3.8, 4) is 11.5 Å². The van der Waals surface area contributed by atoms with E-state index in [1.165, 1.54) is 6.42 Å². The predicted molar refractivity (Wildman–Crippen MR) is 93.2 cm³/mol. The number of rotatable bonds is 8.